The molecule has 0 aliphatic heterocycles. The SMILES string of the molecule is [CH3-].[Li+].[N-]=C(Oc1c(Cl)cc(NC(=O)c2noc(=O)[nH]2)cc1Cl)c1ccccc1[C-]=O. The Morgan fingerprint density at radius 2 is 1.87 bits per heavy atom. The standard InChI is InChI=1S/C17H8Cl2N4O5.CH3.Li/c18-11-5-9(21-16(25)15-22-17(26)28-23-15)6-12(19)13(11)27-14(20)10-4-2-1-3-8(10)7-24;;/h1-6H,(H,21,25)(H,22,23,26);1H3;/q-2;-1;+1. The first kappa shape index (κ1) is 25.2. The van der Waals surface area contributed by atoms with Gasteiger partial charge in [-0.15, -0.1) is 23.3 Å². The van der Waals surface area contributed by atoms with Crippen molar-refractivity contribution in [2.24, 2.45) is 0 Å². The van der Waals surface area contributed by atoms with E-state index in [4.69, 9.17) is 27.9 Å². The van der Waals surface area contributed by atoms with E-state index in [1.54, 1.807) is 18.4 Å². The first-order valence-electron chi connectivity index (χ1n) is 7.46. The van der Waals surface area contributed by atoms with Crippen LogP contribution in [0.25, 0.3) is 5.41 Å². The van der Waals surface area contributed by atoms with E-state index in [1.807, 2.05) is 0 Å². The van der Waals surface area contributed by atoms with E-state index in [9.17, 15) is 19.8 Å². The first-order chi connectivity index (χ1) is 13.4. The van der Waals surface area contributed by atoms with Crippen LogP contribution in [0.4, 0.5) is 5.69 Å². The fourth-order valence-corrected chi connectivity index (χ4v) is 2.72. The number of aromatic amines is 1. The van der Waals surface area contributed by atoms with Crippen LogP contribution in [0.3, 0.4) is 0 Å². The van der Waals surface area contributed by atoms with E-state index in [0.29, 0.717) is 0 Å². The van der Waals surface area contributed by atoms with Gasteiger partial charge in [0.25, 0.3) is 5.91 Å². The molecule has 1 aromatic heterocycles. The molecule has 9 nitrogen and oxygen atoms in total. The minimum absolute atomic E-state index is 0. The second kappa shape index (κ2) is 10.8. The summed E-state index contributed by atoms with van der Waals surface area (Å²) in [5.74, 6) is -2.71. The minimum Gasteiger partial charge on any atom is -0.782 e. The molecule has 0 saturated carbocycles. The molecule has 1 amide bonds. The Balaban J connectivity index is 0.00000225. The molecule has 0 unspecified atom stereocenters. The van der Waals surface area contributed by atoms with Crippen LogP contribution in [0.5, 0.6) is 5.75 Å². The number of anilines is 1. The molecule has 0 spiro atoms. The number of halogens is 2. The zero-order valence-corrected chi connectivity index (χ0v) is 17.2. The van der Waals surface area contributed by atoms with Crippen molar-refractivity contribution in [3.05, 3.63) is 86.8 Å². The number of hydrogen-bond donors (Lipinski definition) is 2. The van der Waals surface area contributed by atoms with Crippen molar-refractivity contribution in [3.63, 3.8) is 0 Å². The van der Waals surface area contributed by atoms with Crippen molar-refractivity contribution in [2.75, 3.05) is 5.32 Å². The van der Waals surface area contributed by atoms with Crippen LogP contribution in [-0.4, -0.2) is 28.2 Å². The number of hydrogen-bond acceptors (Lipinski definition) is 6. The van der Waals surface area contributed by atoms with Crippen molar-refractivity contribution in [2.45, 2.75) is 0 Å². The zero-order valence-electron chi connectivity index (χ0n) is 15.7. The largest absolute Gasteiger partial charge is 1.00 e. The first-order valence-corrected chi connectivity index (χ1v) is 8.22. The van der Waals surface area contributed by atoms with Gasteiger partial charge in [0.15, 0.2) is 5.75 Å². The number of aromatic nitrogens is 2. The van der Waals surface area contributed by atoms with E-state index in [0.717, 1.165) is 0 Å². The molecule has 0 radical (unpaired) electrons. The van der Waals surface area contributed by atoms with Gasteiger partial charge in [-0.2, -0.15) is 6.07 Å². The fraction of sp³-hybridized carbons (Fsp3) is 0. The number of carbonyl (C=O) groups is 1. The Morgan fingerprint density at radius 1 is 1.23 bits per heavy atom. The molecule has 3 rings (SSSR count). The van der Waals surface area contributed by atoms with E-state index >= 15 is 0 Å². The van der Waals surface area contributed by atoms with Crippen LogP contribution in [0.2, 0.25) is 10.0 Å². The quantitative estimate of drug-likeness (QED) is 0.252. The summed E-state index contributed by atoms with van der Waals surface area (Å²) >= 11 is 12.2. The van der Waals surface area contributed by atoms with Crippen molar-refractivity contribution in [1.29, 1.82) is 0 Å². The summed E-state index contributed by atoms with van der Waals surface area (Å²) in [7, 11) is 0. The predicted octanol–water partition coefficient (Wildman–Crippen LogP) is 0.229. The van der Waals surface area contributed by atoms with Gasteiger partial charge in [0.1, 0.15) is 0 Å². The molecule has 0 aliphatic rings. The van der Waals surface area contributed by atoms with Crippen LogP contribution in [0.15, 0.2) is 45.7 Å². The molecule has 1 heterocycles. The summed E-state index contributed by atoms with van der Waals surface area (Å²) in [5.41, 5.74) is 0.340. The molecular weight excluding hydrogens is 430 g/mol. The topological polar surface area (TPSA) is 137 Å². The summed E-state index contributed by atoms with van der Waals surface area (Å²) in [4.78, 5) is 35.9. The number of carbonyl (C=O) groups excluding carboxylic acids is 2. The molecule has 0 saturated heterocycles. The molecule has 0 atom stereocenters. The van der Waals surface area contributed by atoms with Crippen molar-refractivity contribution < 1.29 is 37.7 Å². The normalized spacial score (nSPS) is 9.67. The van der Waals surface area contributed by atoms with E-state index in [1.165, 1.54) is 24.3 Å². The maximum Gasteiger partial charge on any atom is 1.00 e. The summed E-state index contributed by atoms with van der Waals surface area (Å²) in [5, 5.41) is 15.7. The van der Waals surface area contributed by atoms with Gasteiger partial charge in [0, 0.05) is 5.69 Å². The van der Waals surface area contributed by atoms with Crippen LogP contribution in [0.1, 0.15) is 21.7 Å². The second-order valence-electron chi connectivity index (χ2n) is 5.22. The average molecular weight is 441 g/mol. The van der Waals surface area contributed by atoms with Crippen LogP contribution in [0, 0.1) is 7.43 Å². The molecule has 2 N–H and O–H groups in total. The molecule has 0 fully saturated rings. The second-order valence-corrected chi connectivity index (χ2v) is 6.04. The predicted molar refractivity (Wildman–Crippen MR) is 107 cm³/mol. The summed E-state index contributed by atoms with van der Waals surface area (Å²) in [6.45, 7) is 0. The van der Waals surface area contributed by atoms with Crippen LogP contribution in [-0.2, 0) is 4.79 Å². The molecule has 0 aliphatic carbocycles. The Hall–Kier alpha value is -2.83. The Morgan fingerprint density at radius 3 is 2.43 bits per heavy atom. The molecule has 150 valence electrons. The van der Waals surface area contributed by atoms with Gasteiger partial charge in [-0.1, -0.05) is 29.3 Å². The Labute approximate surface area is 192 Å². The number of nitrogens with zero attached hydrogens (tertiary/aromatic N) is 2. The van der Waals surface area contributed by atoms with E-state index in [-0.39, 0.29) is 64.7 Å². The third kappa shape index (κ3) is 5.61. The average Bonchev–Trinajstić information content (AvgIpc) is 3.11. The van der Waals surface area contributed by atoms with Gasteiger partial charge < -0.3 is 27.7 Å². The van der Waals surface area contributed by atoms with Gasteiger partial charge in [-0.25, -0.2) is 4.79 Å². The summed E-state index contributed by atoms with van der Waals surface area (Å²) in [6.07, 6.45) is 1.68. The molecule has 0 bridgehead atoms. The molecule has 3 aromatic rings. The molecular formula is C18H11Cl2LiN4O5-2. The van der Waals surface area contributed by atoms with Crippen LogP contribution >= 0.6 is 23.2 Å². The van der Waals surface area contributed by atoms with E-state index < -0.39 is 17.6 Å². The Bertz CT molecular complexity index is 1120. The maximum absolute atomic E-state index is 12.0. The van der Waals surface area contributed by atoms with Gasteiger partial charge in [0.2, 0.25) is 5.82 Å². The number of nitrogens with one attached hydrogen (secondary N) is 2. The minimum atomic E-state index is -0.885. The fourth-order valence-electron chi connectivity index (χ4n) is 2.16. The summed E-state index contributed by atoms with van der Waals surface area (Å²) in [6, 6.07) is 8.67. The van der Waals surface area contributed by atoms with Crippen molar-refractivity contribution >= 4 is 47.0 Å². The number of benzene rings is 2. The summed E-state index contributed by atoms with van der Waals surface area (Å²) < 4.78 is 9.54. The molecule has 2 aromatic carbocycles. The smallest absolute Gasteiger partial charge is 0.782 e. The van der Waals surface area contributed by atoms with Crippen LogP contribution < -0.4 is 34.7 Å². The van der Waals surface area contributed by atoms with Gasteiger partial charge in [-0.3, -0.25) is 14.3 Å². The number of ether oxygens (including phenoxy) is 1. The monoisotopic (exact) mass is 440 g/mol. The van der Waals surface area contributed by atoms with Gasteiger partial charge in [-0.05, 0) is 23.2 Å². The number of rotatable bonds is 5. The maximum atomic E-state index is 12.0. The van der Waals surface area contributed by atoms with Gasteiger partial charge >= 0.3 is 24.6 Å². The number of H-pyrrole nitrogens is 1. The molecule has 30 heavy (non-hydrogen) atoms. The third-order valence-corrected chi connectivity index (χ3v) is 3.94. The number of amides is 1. The third-order valence-electron chi connectivity index (χ3n) is 3.38. The van der Waals surface area contributed by atoms with Gasteiger partial charge in [0.05, 0.1) is 16.3 Å². The van der Waals surface area contributed by atoms with Crippen molar-refractivity contribution in [1.82, 2.24) is 10.1 Å². The molecule has 12 heteroatoms. The Kier molecular flexibility index (Phi) is 9.08. The zero-order chi connectivity index (χ0) is 20.3. The van der Waals surface area contributed by atoms with E-state index in [2.05, 4.69) is 20.0 Å². The van der Waals surface area contributed by atoms with Crippen molar-refractivity contribution in [3.8, 4) is 5.75 Å².